The number of likely N-dealkylation sites (tertiary alicyclic amines) is 1. The fourth-order valence-electron chi connectivity index (χ4n) is 5.27. The van der Waals surface area contributed by atoms with Crippen molar-refractivity contribution in [2.24, 2.45) is 5.73 Å². The van der Waals surface area contributed by atoms with Crippen molar-refractivity contribution in [3.63, 3.8) is 0 Å². The molecule has 1 unspecified atom stereocenters. The van der Waals surface area contributed by atoms with E-state index < -0.39 is 6.04 Å². The summed E-state index contributed by atoms with van der Waals surface area (Å²) in [7, 11) is 1.68. The summed E-state index contributed by atoms with van der Waals surface area (Å²) < 4.78 is 5.47. The molecule has 3 aromatic carbocycles. The molecule has 1 fully saturated rings. The van der Waals surface area contributed by atoms with Crippen molar-refractivity contribution in [2.45, 2.75) is 51.9 Å². The molecule has 4 rings (SSSR count). The van der Waals surface area contributed by atoms with Gasteiger partial charge in [-0.15, -0.1) is 0 Å². The molecule has 0 aromatic heterocycles. The minimum absolute atomic E-state index is 0.103. The second-order valence-corrected chi connectivity index (χ2v) is 10.3. The lowest BCUT2D eigenvalue weighted by Crippen LogP contribution is -2.57. The molecule has 3 aromatic rings. The average molecular weight is 529 g/mol. The lowest BCUT2D eigenvalue weighted by Gasteiger charge is -2.43. The van der Waals surface area contributed by atoms with Crippen molar-refractivity contribution >= 4 is 11.8 Å². The molecule has 2 amide bonds. The summed E-state index contributed by atoms with van der Waals surface area (Å²) in [6.07, 6.45) is 1.32. The number of methoxy groups -OCH3 is 1. The minimum atomic E-state index is -0.575. The van der Waals surface area contributed by atoms with Gasteiger partial charge in [0, 0.05) is 44.3 Å². The molecule has 0 spiro atoms. The normalized spacial score (nSPS) is 17.2. The van der Waals surface area contributed by atoms with E-state index in [1.165, 1.54) is 11.1 Å². The van der Waals surface area contributed by atoms with Gasteiger partial charge < -0.3 is 20.7 Å². The van der Waals surface area contributed by atoms with Gasteiger partial charge in [0.25, 0.3) is 5.91 Å². The van der Waals surface area contributed by atoms with Gasteiger partial charge in [0.15, 0.2) is 0 Å². The topological polar surface area (TPSA) is 87.9 Å². The Balaban J connectivity index is 1.62. The molecular formula is C32H40N4O3. The molecule has 0 aliphatic carbocycles. The Labute approximate surface area is 231 Å². The largest absolute Gasteiger partial charge is 0.497 e. The second kappa shape index (κ2) is 13.4. The average Bonchev–Trinajstić information content (AvgIpc) is 2.96. The van der Waals surface area contributed by atoms with Crippen LogP contribution in [0.3, 0.4) is 0 Å². The highest BCUT2D eigenvalue weighted by atomic mass is 16.5. The number of carbonyl (C=O) groups is 2. The van der Waals surface area contributed by atoms with E-state index >= 15 is 0 Å². The van der Waals surface area contributed by atoms with Crippen LogP contribution in [0, 0.1) is 13.8 Å². The van der Waals surface area contributed by atoms with Gasteiger partial charge in [-0.2, -0.15) is 0 Å². The Bertz CT molecular complexity index is 1260. The van der Waals surface area contributed by atoms with E-state index in [0.717, 1.165) is 29.8 Å². The van der Waals surface area contributed by atoms with Crippen molar-refractivity contribution < 1.29 is 14.3 Å². The van der Waals surface area contributed by atoms with Gasteiger partial charge in [-0.3, -0.25) is 14.5 Å². The number of piperidine rings is 1. The van der Waals surface area contributed by atoms with E-state index in [-0.39, 0.29) is 17.9 Å². The SMILES string of the molecule is COc1cccc(CN(Cc2ccccc2C)C2CCN(C(=O)c3ccc(C)cc3)[C@@H](C(=O)NCCN)C2)c1. The highest BCUT2D eigenvalue weighted by molar-refractivity contribution is 5.97. The van der Waals surface area contributed by atoms with Crippen LogP contribution in [-0.2, 0) is 17.9 Å². The number of hydrogen-bond donors (Lipinski definition) is 2. The summed E-state index contributed by atoms with van der Waals surface area (Å²) in [4.78, 5) is 31.1. The quantitative estimate of drug-likeness (QED) is 0.414. The maximum Gasteiger partial charge on any atom is 0.254 e. The molecular weight excluding hydrogens is 488 g/mol. The lowest BCUT2D eigenvalue weighted by atomic mass is 9.92. The molecule has 1 saturated heterocycles. The summed E-state index contributed by atoms with van der Waals surface area (Å²) in [6.45, 7) is 6.81. The van der Waals surface area contributed by atoms with Crippen LogP contribution in [0.15, 0.2) is 72.8 Å². The fourth-order valence-corrected chi connectivity index (χ4v) is 5.27. The van der Waals surface area contributed by atoms with E-state index in [1.54, 1.807) is 12.0 Å². The third-order valence-electron chi connectivity index (χ3n) is 7.55. The van der Waals surface area contributed by atoms with Crippen molar-refractivity contribution in [3.8, 4) is 5.75 Å². The Morgan fingerprint density at radius 1 is 1.03 bits per heavy atom. The van der Waals surface area contributed by atoms with Crippen LogP contribution in [-0.4, -0.2) is 60.4 Å². The summed E-state index contributed by atoms with van der Waals surface area (Å²) >= 11 is 0. The van der Waals surface area contributed by atoms with Gasteiger partial charge in [-0.1, -0.05) is 54.1 Å². The standard InChI is InChI=1S/C32H40N4O3/c1-23-11-13-26(14-12-23)32(38)36-18-15-28(20-30(36)31(37)34-17-16-33)35(22-27-9-5-4-7-24(27)2)21-25-8-6-10-29(19-25)39-3/h4-14,19,28,30H,15-18,20-22,33H2,1-3H3,(H,34,37)/t28?,30-/m1/s1. The number of amides is 2. The number of ether oxygens (including phenoxy) is 1. The van der Waals surface area contributed by atoms with E-state index in [0.29, 0.717) is 38.2 Å². The molecule has 39 heavy (non-hydrogen) atoms. The van der Waals surface area contributed by atoms with Crippen LogP contribution < -0.4 is 15.8 Å². The predicted molar refractivity (Wildman–Crippen MR) is 155 cm³/mol. The number of hydrogen-bond acceptors (Lipinski definition) is 5. The number of benzene rings is 3. The molecule has 206 valence electrons. The third-order valence-corrected chi connectivity index (χ3v) is 7.55. The van der Waals surface area contributed by atoms with Gasteiger partial charge >= 0.3 is 0 Å². The molecule has 1 heterocycles. The van der Waals surface area contributed by atoms with Crippen molar-refractivity contribution in [1.82, 2.24) is 15.1 Å². The van der Waals surface area contributed by atoms with Gasteiger partial charge in [0.1, 0.15) is 11.8 Å². The van der Waals surface area contributed by atoms with Gasteiger partial charge in [-0.25, -0.2) is 0 Å². The van der Waals surface area contributed by atoms with Crippen molar-refractivity contribution in [2.75, 3.05) is 26.7 Å². The second-order valence-electron chi connectivity index (χ2n) is 10.3. The Morgan fingerprint density at radius 3 is 2.51 bits per heavy atom. The molecule has 7 nitrogen and oxygen atoms in total. The van der Waals surface area contributed by atoms with Crippen LogP contribution in [0.5, 0.6) is 5.75 Å². The number of nitrogens with zero attached hydrogens (tertiary/aromatic N) is 2. The first kappa shape index (κ1) is 28.3. The molecule has 1 aliphatic rings. The first-order valence-electron chi connectivity index (χ1n) is 13.7. The summed E-state index contributed by atoms with van der Waals surface area (Å²) in [6, 6.07) is 23.6. The Kier molecular flexibility index (Phi) is 9.74. The highest BCUT2D eigenvalue weighted by Crippen LogP contribution is 2.28. The van der Waals surface area contributed by atoms with Crippen LogP contribution in [0.4, 0.5) is 0 Å². The molecule has 2 atom stereocenters. The van der Waals surface area contributed by atoms with Crippen LogP contribution in [0.2, 0.25) is 0 Å². The fraction of sp³-hybridized carbons (Fsp3) is 0.375. The number of aryl methyl sites for hydroxylation is 2. The molecule has 7 heteroatoms. The zero-order valence-electron chi connectivity index (χ0n) is 23.2. The van der Waals surface area contributed by atoms with Gasteiger partial charge in [0.2, 0.25) is 5.91 Å². The maximum absolute atomic E-state index is 13.6. The van der Waals surface area contributed by atoms with Gasteiger partial charge in [0.05, 0.1) is 7.11 Å². The van der Waals surface area contributed by atoms with E-state index in [4.69, 9.17) is 10.5 Å². The Morgan fingerprint density at radius 2 is 1.79 bits per heavy atom. The Hall–Kier alpha value is -3.68. The van der Waals surface area contributed by atoms with E-state index in [9.17, 15) is 9.59 Å². The van der Waals surface area contributed by atoms with Crippen LogP contribution in [0.25, 0.3) is 0 Å². The van der Waals surface area contributed by atoms with Crippen LogP contribution in [0.1, 0.15) is 45.5 Å². The summed E-state index contributed by atoms with van der Waals surface area (Å²) in [5.74, 6) is 0.559. The highest BCUT2D eigenvalue weighted by Gasteiger charge is 2.38. The lowest BCUT2D eigenvalue weighted by molar-refractivity contribution is -0.127. The van der Waals surface area contributed by atoms with E-state index in [2.05, 4.69) is 53.5 Å². The van der Waals surface area contributed by atoms with E-state index in [1.807, 2.05) is 43.3 Å². The monoisotopic (exact) mass is 528 g/mol. The molecule has 1 aliphatic heterocycles. The number of rotatable bonds is 10. The predicted octanol–water partition coefficient (Wildman–Crippen LogP) is 4.06. The minimum Gasteiger partial charge on any atom is -0.497 e. The maximum atomic E-state index is 13.6. The molecule has 0 bridgehead atoms. The first-order chi connectivity index (χ1) is 18.9. The number of carbonyl (C=O) groups excluding carboxylic acids is 2. The zero-order valence-corrected chi connectivity index (χ0v) is 23.2. The smallest absolute Gasteiger partial charge is 0.254 e. The van der Waals surface area contributed by atoms with Crippen molar-refractivity contribution in [3.05, 3.63) is 101 Å². The molecule has 3 N–H and O–H groups in total. The first-order valence-corrected chi connectivity index (χ1v) is 13.7. The zero-order chi connectivity index (χ0) is 27.8. The number of nitrogens with two attached hydrogens (primary N) is 1. The number of nitrogens with one attached hydrogen (secondary N) is 1. The van der Waals surface area contributed by atoms with Gasteiger partial charge in [-0.05, 0) is 67.6 Å². The third kappa shape index (κ3) is 7.25. The molecule has 0 radical (unpaired) electrons. The summed E-state index contributed by atoms with van der Waals surface area (Å²) in [5.41, 5.74) is 11.0. The van der Waals surface area contributed by atoms with Crippen LogP contribution >= 0.6 is 0 Å². The van der Waals surface area contributed by atoms with Crippen molar-refractivity contribution in [1.29, 1.82) is 0 Å². The molecule has 0 saturated carbocycles. The summed E-state index contributed by atoms with van der Waals surface area (Å²) in [5, 5.41) is 2.94.